The van der Waals surface area contributed by atoms with Crippen LogP contribution in [0, 0.1) is 13.8 Å². The number of unbranched alkanes of at least 4 members (excludes halogenated alkanes) is 8. The quantitative estimate of drug-likeness (QED) is 0.0268. The number of rotatable bonds is 24. The van der Waals surface area contributed by atoms with E-state index >= 15 is 0 Å². The average Bonchev–Trinajstić information content (AvgIpc) is 0.771. The largest absolute Gasteiger partial charge is 0.494 e. The summed E-state index contributed by atoms with van der Waals surface area (Å²) in [6.45, 7) is 15.4. The van der Waals surface area contributed by atoms with Gasteiger partial charge < -0.3 is 71.0 Å². The van der Waals surface area contributed by atoms with Gasteiger partial charge in [-0.3, -0.25) is 0 Å². The zero-order valence-corrected chi connectivity index (χ0v) is 63.2. The summed E-state index contributed by atoms with van der Waals surface area (Å²) in [6.07, 6.45) is 20.0. The number of amides is 8. The third kappa shape index (κ3) is 24.6. The van der Waals surface area contributed by atoms with E-state index in [4.69, 9.17) is 28.4 Å². The minimum absolute atomic E-state index is 0.193. The van der Waals surface area contributed by atoms with Crippen LogP contribution in [0.3, 0.4) is 0 Å². The summed E-state index contributed by atoms with van der Waals surface area (Å²) in [6, 6.07) is 44.2. The molecule has 0 aromatic heterocycles. The number of ether oxygens (including phenoxy) is 6. The molecule has 1 heterocycles. The summed E-state index contributed by atoms with van der Waals surface area (Å²) in [5, 5.41) is 25.2. The highest BCUT2D eigenvalue weighted by Gasteiger charge is 2.27. The molecule has 8 amide bonds. The van der Waals surface area contributed by atoms with Gasteiger partial charge in [0, 0.05) is 128 Å². The molecule has 8 N–H and O–H groups in total. The number of hydrogen-bond donors (Lipinski definition) is 8. The normalized spacial score (nSPS) is 13.6. The van der Waals surface area contributed by atoms with Crippen molar-refractivity contribution in [3.05, 3.63) is 201 Å². The molecule has 0 spiro atoms. The Morgan fingerprint density at radius 1 is 0.340 bits per heavy atom. The smallest absolute Gasteiger partial charge is 0.323 e. The highest BCUT2D eigenvalue weighted by atomic mass is 16.5. The molecule has 18 nitrogen and oxygen atoms in total. The van der Waals surface area contributed by atoms with E-state index in [1.54, 1.807) is 0 Å². The van der Waals surface area contributed by atoms with Gasteiger partial charge in [-0.05, 0) is 149 Å². The van der Waals surface area contributed by atoms with Crippen LogP contribution >= 0.6 is 0 Å². The molecule has 0 unspecified atom stereocenters. The van der Waals surface area contributed by atoms with Crippen LogP contribution in [0.1, 0.15) is 212 Å². The molecule has 0 saturated carbocycles. The minimum atomic E-state index is -0.469. The van der Waals surface area contributed by atoms with E-state index in [-0.39, 0.29) is 25.7 Å². The topological polar surface area (TPSA) is 220 Å². The van der Waals surface area contributed by atoms with Crippen molar-refractivity contribution in [2.24, 2.45) is 0 Å². The van der Waals surface area contributed by atoms with Crippen LogP contribution in [-0.2, 0) is 25.7 Å². The fourth-order valence-electron chi connectivity index (χ4n) is 13.4. The van der Waals surface area contributed by atoms with Gasteiger partial charge in [0.1, 0.15) is 34.5 Å². The Balaban J connectivity index is 1.21. The van der Waals surface area contributed by atoms with E-state index in [9.17, 15) is 19.2 Å². The van der Waals surface area contributed by atoms with Gasteiger partial charge in [0.25, 0.3) is 0 Å². The van der Waals surface area contributed by atoms with Gasteiger partial charge in [-0.15, -0.1) is 0 Å². The van der Waals surface area contributed by atoms with Gasteiger partial charge in [-0.2, -0.15) is 0 Å². The molecule has 18 heteroatoms. The van der Waals surface area contributed by atoms with Gasteiger partial charge in [-0.25, -0.2) is 19.2 Å². The Bertz CT molecular complexity index is 3920. The number of nitrogens with one attached hydrogen (secondary N) is 8. The standard InChI is InChI=1S/C88H110N8O10/c1-7-11-21-43-103-81-63-47-64-52-76(94-86(98)90-72-39-35-62(6)36-40-72)54-66(82(64)104-44-22-12-8-2)49-68-56-78-58-70(84(68)106-46-24-14-10-4)50-69-57-77(55-67(83(69)105-45-23-13-9-3)48-65(81)53-75(51-63)93-85(97)89-71-37-33-61(5)34-38-71)95-87(99)91-73-29-27-31-79(59-73)101-41-25-19-17-15-16-18-20-26-42-102-80-32-28-30-74(60-80)92-88(100)96-78/h27-40,51-60H,7-26,41-50H2,1-6H3,(H2,89,93,97)(H2,90,94,98)(H2,91,95,99)(H2,92,96,100). The summed E-state index contributed by atoms with van der Waals surface area (Å²) in [4.78, 5) is 58.4. The number of hydrogen-bond acceptors (Lipinski definition) is 10. The third-order valence-corrected chi connectivity index (χ3v) is 18.9. The zero-order valence-electron chi connectivity index (χ0n) is 63.2. The predicted octanol–water partition coefficient (Wildman–Crippen LogP) is 22.7. The molecular weight excluding hydrogens is 1330 g/mol. The summed E-state index contributed by atoms with van der Waals surface area (Å²) in [5.41, 5.74) is 12.4. The van der Waals surface area contributed by atoms with E-state index in [1.165, 1.54) is 0 Å². The number of carbonyl (C=O) groups is 4. The van der Waals surface area contributed by atoms with Crippen molar-refractivity contribution < 1.29 is 47.6 Å². The van der Waals surface area contributed by atoms with Crippen LogP contribution in [0.2, 0.25) is 0 Å². The van der Waals surface area contributed by atoms with Crippen LogP contribution in [0.25, 0.3) is 0 Å². The molecule has 2 aliphatic rings. The van der Waals surface area contributed by atoms with E-state index in [0.717, 1.165) is 184 Å². The van der Waals surface area contributed by atoms with Gasteiger partial charge in [0.2, 0.25) is 0 Å². The van der Waals surface area contributed by atoms with Crippen LogP contribution in [0.15, 0.2) is 146 Å². The van der Waals surface area contributed by atoms with E-state index in [2.05, 4.69) is 70.2 Å². The number of fused-ring (bicyclic) bond motifs is 12. The number of anilines is 8. The van der Waals surface area contributed by atoms with E-state index < -0.39 is 24.1 Å². The first-order chi connectivity index (χ1) is 51.8. The van der Waals surface area contributed by atoms with Crippen molar-refractivity contribution >= 4 is 69.6 Å². The van der Waals surface area contributed by atoms with Crippen LogP contribution in [-0.4, -0.2) is 63.8 Å². The molecule has 562 valence electrons. The highest BCUT2D eigenvalue weighted by Crippen LogP contribution is 2.44. The first-order valence-electron chi connectivity index (χ1n) is 38.8. The van der Waals surface area contributed by atoms with E-state index in [1.807, 2.05) is 159 Å². The lowest BCUT2D eigenvalue weighted by atomic mass is 9.90. The van der Waals surface area contributed by atoms with Crippen molar-refractivity contribution in [1.82, 2.24) is 0 Å². The fraction of sp³-hybridized carbons (Fsp3) is 0.409. The third-order valence-electron chi connectivity index (χ3n) is 18.9. The van der Waals surface area contributed by atoms with Crippen molar-refractivity contribution in [3.63, 3.8) is 0 Å². The lowest BCUT2D eigenvalue weighted by Gasteiger charge is -2.25. The molecule has 8 aromatic carbocycles. The second kappa shape index (κ2) is 41.4. The molecule has 0 saturated heterocycles. The lowest BCUT2D eigenvalue weighted by Crippen LogP contribution is -2.21. The van der Waals surface area contributed by atoms with Gasteiger partial charge in [-0.1, -0.05) is 165 Å². The van der Waals surface area contributed by atoms with Gasteiger partial charge >= 0.3 is 24.1 Å². The maximum atomic E-state index is 14.8. The summed E-state index contributed by atoms with van der Waals surface area (Å²) < 4.78 is 41.3. The first kappa shape index (κ1) is 78.2. The fourth-order valence-corrected chi connectivity index (χ4v) is 13.4. The first-order valence-corrected chi connectivity index (χ1v) is 38.8. The van der Waals surface area contributed by atoms with Crippen molar-refractivity contribution in [3.8, 4) is 34.5 Å². The second-order valence-electron chi connectivity index (χ2n) is 28.1. The molecule has 0 fully saturated rings. The van der Waals surface area contributed by atoms with Crippen LogP contribution in [0.4, 0.5) is 64.7 Å². The minimum Gasteiger partial charge on any atom is -0.494 e. The SMILES string of the molecule is CCCCCOc1c2cc(NC(=O)Nc3ccc(C)cc3)cc1Cc1cc3cc(c1OCCCCC)Cc1cc(cc(c1OCCCCC)Cc1cc(NC(=O)Nc4ccc(C)cc4)cc(c1OCCCCC)C2)NC(=O)Nc1cccc(c1)OCCCCCCCCCCOc1cccc(c1)NC(=O)N3. The van der Waals surface area contributed by atoms with Gasteiger partial charge in [0.05, 0.1) is 39.6 Å². The van der Waals surface area contributed by atoms with Crippen LogP contribution < -0.4 is 71.0 Å². The molecule has 0 radical (unpaired) electrons. The molecule has 1 aliphatic heterocycles. The second-order valence-corrected chi connectivity index (χ2v) is 28.1. The summed E-state index contributed by atoms with van der Waals surface area (Å²) in [5.74, 6) is 3.77. The zero-order chi connectivity index (χ0) is 74.2. The predicted molar refractivity (Wildman–Crippen MR) is 431 cm³/mol. The highest BCUT2D eigenvalue weighted by molar-refractivity contribution is 6.02. The summed E-state index contributed by atoms with van der Waals surface area (Å²) >= 11 is 0. The van der Waals surface area contributed by atoms with Gasteiger partial charge in [0.15, 0.2) is 0 Å². The Hall–Kier alpha value is -10.4. The molecule has 14 bridgehead atoms. The molecule has 106 heavy (non-hydrogen) atoms. The summed E-state index contributed by atoms with van der Waals surface area (Å²) in [7, 11) is 0. The Morgan fingerprint density at radius 2 is 0.623 bits per heavy atom. The molecule has 10 rings (SSSR count). The monoisotopic (exact) mass is 1440 g/mol. The average molecular weight is 1440 g/mol. The maximum Gasteiger partial charge on any atom is 0.323 e. The molecule has 8 aromatic rings. The lowest BCUT2D eigenvalue weighted by molar-refractivity contribution is 0.261. The Labute approximate surface area is 627 Å². The van der Waals surface area contributed by atoms with E-state index in [0.29, 0.717) is 120 Å². The Morgan fingerprint density at radius 3 is 0.934 bits per heavy atom. The number of urea groups is 4. The number of aryl methyl sites for hydroxylation is 2. The van der Waals surface area contributed by atoms with Crippen molar-refractivity contribution in [2.75, 3.05) is 82.2 Å². The maximum absolute atomic E-state index is 14.8. The number of benzene rings is 8. The van der Waals surface area contributed by atoms with Crippen molar-refractivity contribution in [2.45, 2.75) is 196 Å². The molecule has 0 atom stereocenters. The molecule has 1 aliphatic carbocycles. The van der Waals surface area contributed by atoms with Crippen molar-refractivity contribution in [1.29, 1.82) is 0 Å². The Kier molecular flexibility index (Phi) is 30.5. The molecular formula is C88H110N8O10. The number of carbonyl (C=O) groups excluding carboxylic acids is 4. The van der Waals surface area contributed by atoms with Crippen LogP contribution in [0.5, 0.6) is 34.5 Å².